The van der Waals surface area contributed by atoms with Gasteiger partial charge in [-0.1, -0.05) is 53.1 Å². The molecular formula is C28H28ClN5O4. The summed E-state index contributed by atoms with van der Waals surface area (Å²) in [4.78, 5) is 21.3. The molecule has 0 unspecified atom stereocenters. The maximum atomic E-state index is 13.6. The first-order valence-corrected chi connectivity index (χ1v) is 12.6. The lowest BCUT2D eigenvalue weighted by Gasteiger charge is -2.24. The molecule has 4 rings (SSSR count). The van der Waals surface area contributed by atoms with Crippen molar-refractivity contribution in [2.75, 3.05) is 26.4 Å². The molecule has 3 aromatic carbocycles. The molecule has 0 saturated heterocycles. The zero-order valence-corrected chi connectivity index (χ0v) is 21.5. The lowest BCUT2D eigenvalue weighted by Crippen LogP contribution is -2.49. The highest BCUT2D eigenvalue weighted by Crippen LogP contribution is 2.31. The Kier molecular flexibility index (Phi) is 9.21. The van der Waals surface area contributed by atoms with Crippen molar-refractivity contribution in [3.63, 3.8) is 0 Å². The van der Waals surface area contributed by atoms with Crippen LogP contribution in [0.2, 0.25) is 5.02 Å². The predicted molar refractivity (Wildman–Crippen MR) is 146 cm³/mol. The van der Waals surface area contributed by atoms with Crippen molar-refractivity contribution in [2.45, 2.75) is 24.8 Å². The summed E-state index contributed by atoms with van der Waals surface area (Å²) in [6.45, 7) is 0.923. The van der Waals surface area contributed by atoms with Crippen molar-refractivity contribution in [3.8, 4) is 5.75 Å². The fourth-order valence-corrected chi connectivity index (χ4v) is 4.21. The molecule has 10 heteroatoms. The summed E-state index contributed by atoms with van der Waals surface area (Å²) in [6.07, 6.45) is 1.37. The van der Waals surface area contributed by atoms with Gasteiger partial charge >= 0.3 is 0 Å². The van der Waals surface area contributed by atoms with Crippen LogP contribution in [0, 0.1) is 0 Å². The quantitative estimate of drug-likeness (QED) is 0.144. The Morgan fingerprint density at radius 3 is 2.66 bits per heavy atom. The van der Waals surface area contributed by atoms with Gasteiger partial charge in [0.1, 0.15) is 12.4 Å². The maximum absolute atomic E-state index is 13.6. The van der Waals surface area contributed by atoms with E-state index in [1.165, 1.54) is 0 Å². The van der Waals surface area contributed by atoms with Crippen molar-refractivity contribution in [3.05, 3.63) is 105 Å². The molecule has 3 aromatic rings. The van der Waals surface area contributed by atoms with Crippen LogP contribution in [0.3, 0.4) is 0 Å². The molecule has 38 heavy (non-hydrogen) atoms. The average molecular weight is 534 g/mol. The summed E-state index contributed by atoms with van der Waals surface area (Å²) >= 11 is 5.97. The molecule has 196 valence electrons. The Hall–Kier alpha value is -4.04. The van der Waals surface area contributed by atoms with E-state index in [9.17, 15) is 4.79 Å². The minimum absolute atomic E-state index is 0.0362. The summed E-state index contributed by atoms with van der Waals surface area (Å²) in [5.74, 6) is 0.734. The fourth-order valence-electron chi connectivity index (χ4n) is 4.09. The van der Waals surface area contributed by atoms with E-state index >= 15 is 0 Å². The molecule has 0 spiro atoms. The first-order chi connectivity index (χ1) is 18.5. The molecule has 1 amide bonds. The predicted octanol–water partition coefficient (Wildman–Crippen LogP) is 5.16. The average Bonchev–Trinajstić information content (AvgIpc) is 3.37. The lowest BCUT2D eigenvalue weighted by molar-refractivity contribution is -0.126. The summed E-state index contributed by atoms with van der Waals surface area (Å²) in [6, 6.07) is 21.8. The number of amides is 1. The molecule has 1 aliphatic rings. The third-order valence-corrected chi connectivity index (χ3v) is 6.35. The highest BCUT2D eigenvalue weighted by Gasteiger charge is 2.44. The van der Waals surface area contributed by atoms with Gasteiger partial charge < -0.3 is 19.9 Å². The van der Waals surface area contributed by atoms with Crippen molar-refractivity contribution in [1.29, 1.82) is 0 Å². The molecule has 0 aliphatic carbocycles. The van der Waals surface area contributed by atoms with E-state index in [1.807, 2.05) is 48.5 Å². The number of aliphatic imine (C=N–C) groups is 1. The van der Waals surface area contributed by atoms with Gasteiger partial charge in [-0.25, -0.2) is 4.99 Å². The summed E-state index contributed by atoms with van der Waals surface area (Å²) in [5, 5.41) is 16.4. The van der Waals surface area contributed by atoms with E-state index in [2.05, 4.69) is 15.3 Å². The van der Waals surface area contributed by atoms with Gasteiger partial charge in [0.2, 0.25) is 5.90 Å². The Labute approximate surface area is 225 Å². The molecule has 1 aliphatic heterocycles. The van der Waals surface area contributed by atoms with Crippen molar-refractivity contribution >= 4 is 29.1 Å². The number of azide groups is 1. The topological polar surface area (TPSA) is 129 Å². The van der Waals surface area contributed by atoms with Crippen LogP contribution in [0.15, 0.2) is 82.9 Å². The van der Waals surface area contributed by atoms with Gasteiger partial charge in [0.05, 0.1) is 6.61 Å². The standard InChI is InChI=1S/C28H28ClN5O4/c29-23-10-6-20(7-11-23)14-15-31-27(36)28(18-22-4-1-2-5-25(22)33-34-30)19-38-26(32-28)21-8-12-24(13-9-21)37-17-3-16-35/h1-2,4-13,35H,3,14-19H2,(H,31,36)/t28-/m1/s1. The highest BCUT2D eigenvalue weighted by molar-refractivity contribution is 6.30. The molecule has 0 aromatic heterocycles. The molecule has 9 nitrogen and oxygen atoms in total. The zero-order chi connectivity index (χ0) is 26.8. The number of carbonyl (C=O) groups is 1. The van der Waals surface area contributed by atoms with Crippen molar-refractivity contribution in [1.82, 2.24) is 5.32 Å². The number of hydrogen-bond acceptors (Lipinski definition) is 6. The van der Waals surface area contributed by atoms with E-state index in [1.54, 1.807) is 24.3 Å². The molecule has 0 bridgehead atoms. The number of aliphatic hydroxyl groups is 1. The molecule has 2 N–H and O–H groups in total. The number of carbonyl (C=O) groups excluding carboxylic acids is 1. The molecule has 1 atom stereocenters. The van der Waals surface area contributed by atoms with Crippen molar-refractivity contribution in [2.24, 2.45) is 10.1 Å². The van der Waals surface area contributed by atoms with Crippen LogP contribution in [0.25, 0.3) is 10.4 Å². The van der Waals surface area contributed by atoms with Crippen LogP contribution in [0.4, 0.5) is 5.69 Å². The second-order valence-electron chi connectivity index (χ2n) is 8.81. The smallest absolute Gasteiger partial charge is 0.251 e. The van der Waals surface area contributed by atoms with Crippen LogP contribution in [0.5, 0.6) is 5.75 Å². The number of hydrogen-bond donors (Lipinski definition) is 2. The number of nitrogens with one attached hydrogen (secondary N) is 1. The Morgan fingerprint density at radius 1 is 1.16 bits per heavy atom. The zero-order valence-electron chi connectivity index (χ0n) is 20.7. The van der Waals surface area contributed by atoms with E-state index in [-0.39, 0.29) is 25.5 Å². The lowest BCUT2D eigenvalue weighted by atomic mass is 9.90. The van der Waals surface area contributed by atoms with Crippen molar-refractivity contribution < 1.29 is 19.4 Å². The van der Waals surface area contributed by atoms with Gasteiger partial charge in [0, 0.05) is 47.2 Å². The van der Waals surface area contributed by atoms with E-state index < -0.39 is 5.54 Å². The van der Waals surface area contributed by atoms with Gasteiger partial charge in [-0.2, -0.15) is 0 Å². The maximum Gasteiger partial charge on any atom is 0.251 e. The molecule has 0 saturated carbocycles. The Morgan fingerprint density at radius 2 is 1.92 bits per heavy atom. The fraction of sp³-hybridized carbons (Fsp3) is 0.286. The molecule has 1 heterocycles. The minimum atomic E-state index is -1.24. The normalized spacial score (nSPS) is 16.2. The van der Waals surface area contributed by atoms with E-state index in [0.717, 1.165) is 5.56 Å². The summed E-state index contributed by atoms with van der Waals surface area (Å²) < 4.78 is 11.6. The number of halogens is 1. The van der Waals surface area contributed by atoms with Crippen LogP contribution < -0.4 is 10.1 Å². The second kappa shape index (κ2) is 13.0. The van der Waals surface area contributed by atoms with Crippen LogP contribution in [-0.4, -0.2) is 48.8 Å². The number of benzene rings is 3. The number of aliphatic hydroxyl groups excluding tert-OH is 1. The highest BCUT2D eigenvalue weighted by atomic mass is 35.5. The molecule has 0 radical (unpaired) electrons. The van der Waals surface area contributed by atoms with E-state index in [4.69, 9.17) is 36.7 Å². The van der Waals surface area contributed by atoms with Gasteiger partial charge in [-0.15, -0.1) is 0 Å². The third-order valence-electron chi connectivity index (χ3n) is 6.10. The van der Waals surface area contributed by atoms with Crippen LogP contribution >= 0.6 is 11.6 Å². The van der Waals surface area contributed by atoms with Gasteiger partial charge in [-0.05, 0) is 59.5 Å². The van der Waals surface area contributed by atoms with Crippen LogP contribution in [0.1, 0.15) is 23.1 Å². The SMILES string of the molecule is [N-]=[N+]=Nc1ccccc1C[C@]1(C(=O)NCCc2ccc(Cl)cc2)COC(c2ccc(OCCCO)cc2)=N1. The number of rotatable bonds is 12. The second-order valence-corrected chi connectivity index (χ2v) is 9.25. The monoisotopic (exact) mass is 533 g/mol. The van der Waals surface area contributed by atoms with Gasteiger partial charge in [-0.3, -0.25) is 4.79 Å². The minimum Gasteiger partial charge on any atom is -0.494 e. The molecular weight excluding hydrogens is 506 g/mol. The van der Waals surface area contributed by atoms with Gasteiger partial charge in [0.15, 0.2) is 5.54 Å². The van der Waals surface area contributed by atoms with E-state index in [0.29, 0.717) is 59.5 Å². The van der Waals surface area contributed by atoms with Gasteiger partial charge in [0.25, 0.3) is 5.91 Å². The van der Waals surface area contributed by atoms with Crippen LogP contribution in [-0.2, 0) is 22.4 Å². The number of nitrogens with zero attached hydrogens (tertiary/aromatic N) is 4. The Balaban J connectivity index is 1.56. The summed E-state index contributed by atoms with van der Waals surface area (Å²) in [5.41, 5.74) is 10.6. The Bertz CT molecular complexity index is 1320. The molecule has 0 fully saturated rings. The summed E-state index contributed by atoms with van der Waals surface area (Å²) in [7, 11) is 0. The first-order valence-electron chi connectivity index (χ1n) is 12.3. The number of ether oxygens (including phenoxy) is 2. The largest absolute Gasteiger partial charge is 0.494 e. The first kappa shape index (κ1) is 27.0. The third kappa shape index (κ3) is 6.83.